The number of aromatic nitrogens is 4. The second-order valence-corrected chi connectivity index (χ2v) is 2.66. The van der Waals surface area contributed by atoms with E-state index in [1.807, 2.05) is 0 Å². The van der Waals surface area contributed by atoms with Gasteiger partial charge in [-0.15, -0.1) is 0 Å². The molecule has 0 fully saturated rings. The van der Waals surface area contributed by atoms with Crippen LogP contribution in [-0.2, 0) is 0 Å². The van der Waals surface area contributed by atoms with Gasteiger partial charge >= 0.3 is 0 Å². The lowest BCUT2D eigenvalue weighted by Crippen LogP contribution is -1.91. The highest BCUT2D eigenvalue weighted by Crippen LogP contribution is 2.13. The zero-order chi connectivity index (χ0) is 9.97. The highest BCUT2D eigenvalue weighted by Gasteiger charge is 2.04. The number of imidazole rings is 1. The molecule has 0 aliphatic rings. The van der Waals surface area contributed by atoms with E-state index in [1.165, 1.54) is 6.33 Å². The average molecular weight is 191 g/mol. The Hall–Kier alpha value is -1.95. The lowest BCUT2D eigenvalue weighted by atomic mass is 10.5. The van der Waals surface area contributed by atoms with Crippen molar-refractivity contribution < 1.29 is 5.11 Å². The van der Waals surface area contributed by atoms with Crippen LogP contribution in [0.1, 0.15) is 5.82 Å². The van der Waals surface area contributed by atoms with E-state index < -0.39 is 0 Å². The number of nitrogens with two attached hydrogens (primary N) is 1. The van der Waals surface area contributed by atoms with Gasteiger partial charge < -0.3 is 15.8 Å². The van der Waals surface area contributed by atoms with E-state index in [2.05, 4.69) is 19.9 Å². The molecule has 2 heterocycles. The maximum atomic E-state index is 8.58. The van der Waals surface area contributed by atoms with Crippen molar-refractivity contribution in [3.63, 3.8) is 0 Å². The predicted molar refractivity (Wildman–Crippen MR) is 52.2 cm³/mol. The smallest absolute Gasteiger partial charge is 0.183 e. The van der Waals surface area contributed by atoms with Crippen molar-refractivity contribution in [1.29, 1.82) is 0 Å². The lowest BCUT2D eigenvalue weighted by molar-refractivity contribution is 0.343. The topological polar surface area (TPSA) is 101 Å². The van der Waals surface area contributed by atoms with E-state index in [-0.39, 0.29) is 6.61 Å². The number of hydrogen-bond acceptors (Lipinski definition) is 5. The standard InChI is InChI=1S/C8H9N5O/c9-7-6-8(11-4-10-7)13-5(12-6)2-1-3-14/h1-2,4,14H,3H2,(H3,9,10,11,12,13)/b2-1-. The van der Waals surface area contributed by atoms with Crippen molar-refractivity contribution in [2.75, 3.05) is 12.3 Å². The fourth-order valence-electron chi connectivity index (χ4n) is 1.11. The number of fused-ring (bicyclic) bond motifs is 1. The first-order valence-electron chi connectivity index (χ1n) is 4.05. The van der Waals surface area contributed by atoms with Gasteiger partial charge in [-0.1, -0.05) is 6.08 Å². The van der Waals surface area contributed by atoms with Crippen molar-refractivity contribution >= 4 is 23.1 Å². The molecule has 72 valence electrons. The molecule has 0 aromatic carbocycles. The molecule has 2 aromatic heterocycles. The largest absolute Gasteiger partial charge is 0.392 e. The van der Waals surface area contributed by atoms with Gasteiger partial charge in [0.05, 0.1) is 6.61 Å². The van der Waals surface area contributed by atoms with E-state index in [9.17, 15) is 0 Å². The van der Waals surface area contributed by atoms with Crippen molar-refractivity contribution in [2.45, 2.75) is 0 Å². The Kier molecular flexibility index (Phi) is 2.11. The molecule has 0 atom stereocenters. The molecular weight excluding hydrogens is 182 g/mol. The summed E-state index contributed by atoms with van der Waals surface area (Å²) in [6.07, 6.45) is 4.58. The molecule has 2 aromatic rings. The Labute approximate surface area is 79.5 Å². The van der Waals surface area contributed by atoms with Crippen molar-refractivity contribution in [3.05, 3.63) is 18.2 Å². The molecule has 0 spiro atoms. The summed E-state index contributed by atoms with van der Waals surface area (Å²) < 4.78 is 0. The molecule has 0 unspecified atom stereocenters. The summed E-state index contributed by atoms with van der Waals surface area (Å²) in [6, 6.07) is 0. The third-order valence-corrected chi connectivity index (χ3v) is 1.72. The van der Waals surface area contributed by atoms with Gasteiger partial charge in [0.1, 0.15) is 17.7 Å². The highest BCUT2D eigenvalue weighted by atomic mass is 16.2. The average Bonchev–Trinajstić information content (AvgIpc) is 2.59. The molecule has 4 N–H and O–H groups in total. The van der Waals surface area contributed by atoms with E-state index >= 15 is 0 Å². The summed E-state index contributed by atoms with van der Waals surface area (Å²) in [4.78, 5) is 14.8. The number of hydrogen-bond donors (Lipinski definition) is 3. The molecule has 6 heteroatoms. The monoisotopic (exact) mass is 191 g/mol. The molecular formula is C8H9N5O. The van der Waals surface area contributed by atoms with Gasteiger partial charge in [0, 0.05) is 0 Å². The second kappa shape index (κ2) is 3.43. The number of H-pyrrole nitrogens is 1. The fraction of sp³-hybridized carbons (Fsp3) is 0.125. The van der Waals surface area contributed by atoms with Crippen LogP contribution in [0.5, 0.6) is 0 Å². The van der Waals surface area contributed by atoms with Gasteiger partial charge in [-0.25, -0.2) is 15.0 Å². The molecule has 0 saturated heterocycles. The number of nitrogens with one attached hydrogen (secondary N) is 1. The highest BCUT2D eigenvalue weighted by molar-refractivity contribution is 5.82. The first-order valence-corrected chi connectivity index (χ1v) is 4.05. The zero-order valence-corrected chi connectivity index (χ0v) is 7.31. The van der Waals surface area contributed by atoms with Crippen LogP contribution in [0.4, 0.5) is 5.82 Å². The van der Waals surface area contributed by atoms with Crippen LogP contribution in [0.25, 0.3) is 17.2 Å². The van der Waals surface area contributed by atoms with Crippen molar-refractivity contribution in [2.24, 2.45) is 0 Å². The van der Waals surface area contributed by atoms with Gasteiger partial charge in [-0.2, -0.15) is 0 Å². The van der Waals surface area contributed by atoms with Crippen LogP contribution < -0.4 is 5.73 Å². The second-order valence-electron chi connectivity index (χ2n) is 2.66. The summed E-state index contributed by atoms with van der Waals surface area (Å²) in [5, 5.41) is 8.58. The summed E-state index contributed by atoms with van der Waals surface area (Å²) in [6.45, 7) is -0.0296. The summed E-state index contributed by atoms with van der Waals surface area (Å²) in [7, 11) is 0. The Morgan fingerprint density at radius 1 is 1.50 bits per heavy atom. The molecule has 2 rings (SSSR count). The van der Waals surface area contributed by atoms with Crippen LogP contribution >= 0.6 is 0 Å². The Balaban J connectivity index is 2.51. The van der Waals surface area contributed by atoms with Gasteiger partial charge in [0.25, 0.3) is 0 Å². The molecule has 14 heavy (non-hydrogen) atoms. The number of anilines is 1. The molecule has 0 aliphatic heterocycles. The van der Waals surface area contributed by atoms with Crippen LogP contribution in [0.3, 0.4) is 0 Å². The van der Waals surface area contributed by atoms with E-state index in [0.717, 1.165) is 0 Å². The molecule has 6 nitrogen and oxygen atoms in total. The number of rotatable bonds is 2. The molecule has 0 radical (unpaired) electrons. The maximum Gasteiger partial charge on any atom is 0.183 e. The van der Waals surface area contributed by atoms with E-state index in [0.29, 0.717) is 22.8 Å². The molecule has 0 saturated carbocycles. The minimum absolute atomic E-state index is 0.0296. The summed E-state index contributed by atoms with van der Waals surface area (Å²) in [5.41, 5.74) is 6.74. The fourth-order valence-corrected chi connectivity index (χ4v) is 1.11. The zero-order valence-electron chi connectivity index (χ0n) is 7.31. The first-order chi connectivity index (χ1) is 6.81. The summed E-state index contributed by atoms with van der Waals surface area (Å²) in [5.74, 6) is 0.965. The van der Waals surface area contributed by atoms with Crippen LogP contribution in [0.2, 0.25) is 0 Å². The third-order valence-electron chi connectivity index (χ3n) is 1.72. The van der Waals surface area contributed by atoms with Crippen molar-refractivity contribution in [3.8, 4) is 0 Å². The van der Waals surface area contributed by atoms with Gasteiger partial charge in [0.15, 0.2) is 11.5 Å². The number of nitrogens with zero attached hydrogens (tertiary/aromatic N) is 3. The van der Waals surface area contributed by atoms with E-state index in [4.69, 9.17) is 10.8 Å². The Bertz CT molecular complexity index is 476. The normalized spacial score (nSPS) is 11.5. The van der Waals surface area contributed by atoms with Crippen LogP contribution in [0.15, 0.2) is 12.4 Å². The number of nitrogen functional groups attached to an aromatic ring is 1. The number of aliphatic hydroxyl groups excluding tert-OH is 1. The van der Waals surface area contributed by atoms with Gasteiger partial charge in [0.2, 0.25) is 0 Å². The quantitative estimate of drug-likeness (QED) is 0.617. The van der Waals surface area contributed by atoms with Crippen molar-refractivity contribution in [1.82, 2.24) is 19.9 Å². The minimum Gasteiger partial charge on any atom is -0.392 e. The SMILES string of the molecule is Nc1ncnc2nc(/C=C\CO)[nH]c12. The summed E-state index contributed by atoms with van der Waals surface area (Å²) >= 11 is 0. The first kappa shape index (κ1) is 8.64. The van der Waals surface area contributed by atoms with E-state index in [1.54, 1.807) is 12.2 Å². The molecule has 0 amide bonds. The van der Waals surface area contributed by atoms with Crippen LogP contribution in [-0.4, -0.2) is 31.6 Å². The van der Waals surface area contributed by atoms with Crippen LogP contribution in [0, 0.1) is 0 Å². The Morgan fingerprint density at radius 3 is 3.07 bits per heavy atom. The van der Waals surface area contributed by atoms with Gasteiger partial charge in [-0.05, 0) is 6.08 Å². The predicted octanol–water partition coefficient (Wildman–Crippen LogP) is -0.0594. The molecule has 0 bridgehead atoms. The lowest BCUT2D eigenvalue weighted by Gasteiger charge is -1.89. The minimum atomic E-state index is -0.0296. The number of aliphatic hydroxyl groups is 1. The Morgan fingerprint density at radius 2 is 2.36 bits per heavy atom. The maximum absolute atomic E-state index is 8.58. The van der Waals surface area contributed by atoms with Gasteiger partial charge in [-0.3, -0.25) is 0 Å². The number of aromatic amines is 1. The third kappa shape index (κ3) is 1.42. The molecule has 0 aliphatic carbocycles.